The largest absolute Gasteiger partial charge is 0.396 e. The van der Waals surface area contributed by atoms with Crippen molar-refractivity contribution in [3.63, 3.8) is 0 Å². The van der Waals surface area contributed by atoms with Crippen LogP contribution in [0.5, 0.6) is 0 Å². The normalized spacial score (nSPS) is 12.0. The molecule has 0 amide bonds. The zero-order chi connectivity index (χ0) is 9.19. The van der Waals surface area contributed by atoms with Crippen LogP contribution in [0.25, 0.3) is 0 Å². The fourth-order valence-corrected chi connectivity index (χ4v) is 0.684. The fraction of sp³-hybridized carbons (Fsp3) is 0.600. The van der Waals surface area contributed by atoms with Gasteiger partial charge in [-0.2, -0.15) is 18.3 Å². The van der Waals surface area contributed by atoms with Crippen molar-refractivity contribution < 1.29 is 13.2 Å². The number of aromatic amines is 1. The van der Waals surface area contributed by atoms with Gasteiger partial charge in [0.1, 0.15) is 12.2 Å². The first-order chi connectivity index (χ1) is 5.51. The monoisotopic (exact) mass is 180 g/mol. The van der Waals surface area contributed by atoms with Gasteiger partial charge in [0.15, 0.2) is 5.82 Å². The van der Waals surface area contributed by atoms with Crippen LogP contribution in [0.2, 0.25) is 0 Å². The van der Waals surface area contributed by atoms with E-state index in [4.69, 9.17) is 5.73 Å². The fourth-order valence-electron chi connectivity index (χ4n) is 0.684. The summed E-state index contributed by atoms with van der Waals surface area (Å²) in [6.45, 7) is 0.0604. The van der Waals surface area contributed by atoms with Crippen molar-refractivity contribution >= 4 is 0 Å². The molecule has 1 aromatic rings. The second-order valence-corrected chi connectivity index (χ2v) is 2.19. The van der Waals surface area contributed by atoms with Crippen LogP contribution in [-0.2, 0) is 13.0 Å². The minimum absolute atomic E-state index is 0.0604. The van der Waals surface area contributed by atoms with E-state index in [0.717, 1.165) is 0 Å². The number of nitrogens with zero attached hydrogens (tertiary/aromatic N) is 2. The third-order valence-electron chi connectivity index (χ3n) is 1.13. The van der Waals surface area contributed by atoms with Crippen LogP contribution < -0.4 is 5.73 Å². The van der Waals surface area contributed by atoms with Gasteiger partial charge in [-0.05, 0) is 0 Å². The number of H-pyrrole nitrogens is 1. The van der Waals surface area contributed by atoms with Gasteiger partial charge in [0.25, 0.3) is 0 Å². The molecule has 0 saturated heterocycles. The van der Waals surface area contributed by atoms with E-state index < -0.39 is 12.6 Å². The maximum absolute atomic E-state index is 11.7. The zero-order valence-corrected chi connectivity index (χ0v) is 6.02. The van der Waals surface area contributed by atoms with Crippen LogP contribution in [0.1, 0.15) is 11.6 Å². The molecule has 0 atom stereocenters. The highest BCUT2D eigenvalue weighted by molar-refractivity contribution is 4.91. The standard InChI is InChI=1S/C5H7F3N4/c6-5(7,8)1-3-10-4(2-9)12-11-3/h1-2,9H2,(H,10,11,12). The summed E-state index contributed by atoms with van der Waals surface area (Å²) in [5, 5.41) is 5.63. The average Bonchev–Trinajstić information content (AvgIpc) is 2.32. The molecule has 1 heterocycles. The Hall–Kier alpha value is -1.11. The van der Waals surface area contributed by atoms with Crippen LogP contribution in [0.4, 0.5) is 13.2 Å². The van der Waals surface area contributed by atoms with Crippen molar-refractivity contribution in [1.82, 2.24) is 15.2 Å². The second-order valence-electron chi connectivity index (χ2n) is 2.19. The smallest absolute Gasteiger partial charge is 0.324 e. The number of hydrogen-bond acceptors (Lipinski definition) is 3. The summed E-state index contributed by atoms with van der Waals surface area (Å²) >= 11 is 0. The topological polar surface area (TPSA) is 67.6 Å². The lowest BCUT2D eigenvalue weighted by atomic mass is 10.4. The zero-order valence-electron chi connectivity index (χ0n) is 6.02. The van der Waals surface area contributed by atoms with Crippen molar-refractivity contribution in [3.8, 4) is 0 Å². The minimum Gasteiger partial charge on any atom is -0.324 e. The van der Waals surface area contributed by atoms with Gasteiger partial charge in [0.2, 0.25) is 0 Å². The lowest BCUT2D eigenvalue weighted by molar-refractivity contribution is -0.128. The molecule has 4 nitrogen and oxygen atoms in total. The molecule has 0 aliphatic heterocycles. The van der Waals surface area contributed by atoms with Crippen molar-refractivity contribution in [2.45, 2.75) is 19.1 Å². The van der Waals surface area contributed by atoms with Gasteiger partial charge in [-0.15, -0.1) is 0 Å². The van der Waals surface area contributed by atoms with Crippen LogP contribution in [-0.4, -0.2) is 21.4 Å². The van der Waals surface area contributed by atoms with Gasteiger partial charge in [-0.25, -0.2) is 4.98 Å². The molecule has 7 heteroatoms. The summed E-state index contributed by atoms with van der Waals surface area (Å²) in [5.74, 6) is -0.0165. The number of halogens is 3. The number of nitrogens with two attached hydrogens (primary N) is 1. The van der Waals surface area contributed by atoms with Gasteiger partial charge < -0.3 is 5.73 Å². The van der Waals surface area contributed by atoms with Crippen LogP contribution in [0.15, 0.2) is 0 Å². The molecule has 0 bridgehead atoms. The molecule has 0 unspecified atom stereocenters. The third-order valence-corrected chi connectivity index (χ3v) is 1.13. The van der Waals surface area contributed by atoms with E-state index in [1.54, 1.807) is 0 Å². The lowest BCUT2D eigenvalue weighted by Crippen LogP contribution is -2.12. The molecule has 0 fully saturated rings. The molecule has 1 rings (SSSR count). The Morgan fingerprint density at radius 1 is 1.42 bits per heavy atom. The summed E-state index contributed by atoms with van der Waals surface area (Å²) in [6.07, 6.45) is -5.39. The minimum atomic E-state index is -4.27. The van der Waals surface area contributed by atoms with Crippen molar-refractivity contribution in [2.24, 2.45) is 5.73 Å². The molecule has 0 aliphatic rings. The maximum Gasteiger partial charge on any atom is 0.396 e. The Bertz CT molecular complexity index is 253. The molecule has 68 valence electrons. The summed E-state index contributed by atoms with van der Waals surface area (Å²) in [5.41, 5.74) is 5.11. The molecule has 0 aliphatic carbocycles. The summed E-state index contributed by atoms with van der Waals surface area (Å²) in [4.78, 5) is 3.50. The molecule has 12 heavy (non-hydrogen) atoms. The van der Waals surface area contributed by atoms with Crippen molar-refractivity contribution in [3.05, 3.63) is 11.6 Å². The van der Waals surface area contributed by atoms with E-state index >= 15 is 0 Å². The van der Waals surface area contributed by atoms with E-state index in [-0.39, 0.29) is 18.2 Å². The average molecular weight is 180 g/mol. The highest BCUT2D eigenvalue weighted by atomic mass is 19.4. The molecule has 0 spiro atoms. The van der Waals surface area contributed by atoms with E-state index in [1.807, 2.05) is 0 Å². The molecule has 1 aromatic heterocycles. The van der Waals surface area contributed by atoms with E-state index in [1.165, 1.54) is 0 Å². The Morgan fingerprint density at radius 3 is 2.50 bits per heavy atom. The third kappa shape index (κ3) is 2.50. The first-order valence-electron chi connectivity index (χ1n) is 3.18. The van der Waals surface area contributed by atoms with Crippen molar-refractivity contribution in [1.29, 1.82) is 0 Å². The number of aromatic nitrogens is 3. The first kappa shape index (κ1) is 8.98. The summed E-state index contributed by atoms with van der Waals surface area (Å²) < 4.78 is 35.2. The Kier molecular flexibility index (Phi) is 2.32. The Morgan fingerprint density at radius 2 is 2.08 bits per heavy atom. The highest BCUT2D eigenvalue weighted by Gasteiger charge is 2.29. The van der Waals surface area contributed by atoms with Crippen molar-refractivity contribution in [2.75, 3.05) is 0 Å². The van der Waals surface area contributed by atoms with Gasteiger partial charge in [0, 0.05) is 0 Å². The van der Waals surface area contributed by atoms with Crippen LogP contribution >= 0.6 is 0 Å². The summed E-state index contributed by atoms with van der Waals surface area (Å²) in [6, 6.07) is 0. The first-order valence-corrected chi connectivity index (χ1v) is 3.18. The predicted molar refractivity (Wildman–Crippen MR) is 34.0 cm³/mol. The molecular weight excluding hydrogens is 173 g/mol. The summed E-state index contributed by atoms with van der Waals surface area (Å²) in [7, 11) is 0. The highest BCUT2D eigenvalue weighted by Crippen LogP contribution is 2.18. The van der Waals surface area contributed by atoms with Crippen LogP contribution in [0, 0.1) is 0 Å². The number of hydrogen-bond donors (Lipinski definition) is 2. The molecule has 0 saturated carbocycles. The Labute approximate surface area is 66.0 Å². The number of rotatable bonds is 2. The maximum atomic E-state index is 11.7. The second kappa shape index (κ2) is 3.10. The predicted octanol–water partition coefficient (Wildman–Crippen LogP) is 0.368. The lowest BCUT2D eigenvalue weighted by Gasteiger charge is -2.00. The number of alkyl halides is 3. The molecule has 3 N–H and O–H groups in total. The SMILES string of the molecule is NCc1nc(CC(F)(F)F)n[nH]1. The van der Waals surface area contributed by atoms with Gasteiger partial charge in [0.05, 0.1) is 6.54 Å². The molecule has 0 radical (unpaired) electrons. The quantitative estimate of drug-likeness (QED) is 0.690. The van der Waals surface area contributed by atoms with E-state index in [9.17, 15) is 13.2 Å². The van der Waals surface area contributed by atoms with Gasteiger partial charge >= 0.3 is 6.18 Å². The van der Waals surface area contributed by atoms with Gasteiger partial charge in [-0.1, -0.05) is 0 Å². The molecule has 0 aromatic carbocycles. The Balaban J connectivity index is 2.64. The van der Waals surface area contributed by atoms with E-state index in [2.05, 4.69) is 15.2 Å². The van der Waals surface area contributed by atoms with Gasteiger partial charge in [-0.3, -0.25) is 5.10 Å². The number of nitrogens with one attached hydrogen (secondary N) is 1. The molecular formula is C5H7F3N4. The van der Waals surface area contributed by atoms with E-state index in [0.29, 0.717) is 0 Å². The van der Waals surface area contributed by atoms with Crippen LogP contribution in [0.3, 0.4) is 0 Å².